The standard InChI is InChI=1S/C51H84O18S2/c1-27(52)62-34-32(67-42(57)49(14,15)16)30(65-40(55)47(8,9)10)28(25-60-38(53)45(2,3)4)63-36(34)70-23-24-71-37-35(69-44(59)51(20,21)22)33(68-43(58)50(17,18)19)31(66-41(56)48(11,12)13)29(64-37)26-61-39(54)46(5,6)7/h28-37H,23-26H2,1-22H3/t28-,29-,30-,31-,32+,33+,34-,35-,36+,37+/m1/s1. The lowest BCUT2D eigenvalue weighted by atomic mass is 9.93. The molecule has 0 aliphatic carbocycles. The second kappa shape index (κ2) is 24.2. The first-order chi connectivity index (χ1) is 31.9. The summed E-state index contributed by atoms with van der Waals surface area (Å²) in [6, 6.07) is 0. The first-order valence-corrected chi connectivity index (χ1v) is 26.1. The Kier molecular flexibility index (Phi) is 21.6. The Morgan fingerprint density at radius 1 is 0.338 bits per heavy atom. The molecule has 71 heavy (non-hydrogen) atoms. The normalized spacial score (nSPS) is 25.7. The highest BCUT2D eigenvalue weighted by molar-refractivity contribution is 8.03. The molecule has 0 aromatic heterocycles. The fourth-order valence-corrected chi connectivity index (χ4v) is 8.34. The highest BCUT2D eigenvalue weighted by Crippen LogP contribution is 2.40. The molecule has 2 aliphatic heterocycles. The van der Waals surface area contributed by atoms with E-state index in [1.165, 1.54) is 0 Å². The molecule has 0 radical (unpaired) electrons. The van der Waals surface area contributed by atoms with Crippen molar-refractivity contribution in [3.05, 3.63) is 0 Å². The van der Waals surface area contributed by atoms with Gasteiger partial charge in [0.2, 0.25) is 0 Å². The summed E-state index contributed by atoms with van der Waals surface area (Å²) in [4.78, 5) is 108. The first kappa shape index (κ1) is 63.5. The van der Waals surface area contributed by atoms with E-state index in [0.29, 0.717) is 0 Å². The topological polar surface area (TPSA) is 229 Å². The van der Waals surface area contributed by atoms with E-state index < -0.39 is 159 Å². The molecule has 2 rings (SSSR count). The molecule has 20 heteroatoms. The van der Waals surface area contributed by atoms with Gasteiger partial charge in [-0.1, -0.05) is 0 Å². The van der Waals surface area contributed by atoms with Gasteiger partial charge in [-0.15, -0.1) is 23.5 Å². The fourth-order valence-electron chi connectivity index (χ4n) is 5.87. The van der Waals surface area contributed by atoms with E-state index in [9.17, 15) is 38.4 Å². The van der Waals surface area contributed by atoms with Gasteiger partial charge in [0.25, 0.3) is 0 Å². The molecule has 2 fully saturated rings. The maximum absolute atomic E-state index is 13.8. The van der Waals surface area contributed by atoms with E-state index in [1.807, 2.05) is 0 Å². The van der Waals surface area contributed by atoms with Crippen LogP contribution in [0.5, 0.6) is 0 Å². The van der Waals surface area contributed by atoms with Crippen LogP contribution < -0.4 is 0 Å². The second-order valence-corrected chi connectivity index (χ2v) is 27.6. The molecule has 18 nitrogen and oxygen atoms in total. The Morgan fingerprint density at radius 2 is 0.563 bits per heavy atom. The Hall–Kier alpha value is -3.62. The smallest absolute Gasteiger partial charge is 0.311 e. The molecule has 0 saturated carbocycles. The zero-order chi connectivity index (χ0) is 55.2. The zero-order valence-electron chi connectivity index (χ0n) is 46.3. The lowest BCUT2D eigenvalue weighted by molar-refractivity contribution is -0.246. The van der Waals surface area contributed by atoms with Gasteiger partial charge in [0, 0.05) is 18.4 Å². The third-order valence-electron chi connectivity index (χ3n) is 10.4. The van der Waals surface area contributed by atoms with E-state index in [0.717, 1.165) is 30.4 Å². The third kappa shape index (κ3) is 19.3. The molecule has 2 saturated heterocycles. The van der Waals surface area contributed by atoms with Gasteiger partial charge in [0.15, 0.2) is 36.6 Å². The van der Waals surface area contributed by atoms with E-state index in [2.05, 4.69) is 0 Å². The monoisotopic (exact) mass is 1050 g/mol. The summed E-state index contributed by atoms with van der Waals surface area (Å²) in [5, 5.41) is 0. The number of carbonyl (C=O) groups is 8. The van der Waals surface area contributed by atoms with Gasteiger partial charge in [-0.05, 0) is 145 Å². The van der Waals surface area contributed by atoms with Crippen LogP contribution in [-0.2, 0) is 85.7 Å². The van der Waals surface area contributed by atoms with Crippen LogP contribution in [0.15, 0.2) is 0 Å². The molecule has 10 atom stereocenters. The fraction of sp³-hybridized carbons (Fsp3) is 0.843. The lowest BCUT2D eigenvalue weighted by Gasteiger charge is -2.46. The van der Waals surface area contributed by atoms with E-state index in [1.54, 1.807) is 145 Å². The molecule has 0 aromatic rings. The molecule has 0 aromatic carbocycles. The van der Waals surface area contributed by atoms with Crippen LogP contribution in [0.25, 0.3) is 0 Å². The number of esters is 8. The minimum absolute atomic E-state index is 0.158. The van der Waals surface area contributed by atoms with Crippen molar-refractivity contribution in [1.29, 1.82) is 0 Å². The average molecular weight is 1050 g/mol. The minimum atomic E-state index is -1.46. The molecule has 0 spiro atoms. The van der Waals surface area contributed by atoms with Crippen molar-refractivity contribution in [1.82, 2.24) is 0 Å². The molecule has 0 N–H and O–H groups in total. The second-order valence-electron chi connectivity index (χ2n) is 25.2. The van der Waals surface area contributed by atoms with Crippen LogP contribution in [0.2, 0.25) is 0 Å². The van der Waals surface area contributed by atoms with Crippen molar-refractivity contribution in [3.63, 3.8) is 0 Å². The van der Waals surface area contributed by atoms with Gasteiger partial charge in [0.1, 0.15) is 36.3 Å². The van der Waals surface area contributed by atoms with Crippen molar-refractivity contribution >= 4 is 71.3 Å². The quantitative estimate of drug-likeness (QED) is 0.0865. The van der Waals surface area contributed by atoms with Crippen LogP contribution in [0.4, 0.5) is 0 Å². The van der Waals surface area contributed by atoms with Gasteiger partial charge >= 0.3 is 47.8 Å². The van der Waals surface area contributed by atoms with E-state index >= 15 is 0 Å². The SMILES string of the molecule is CC(=O)O[C@@H]1[C@@H](OC(=O)C(C)(C)C)[C@H](OC(=O)C(C)(C)C)[C@@H](COC(=O)C(C)(C)C)O[C@H]1SCCS[C@@H]1O[C@H](COC(=O)C(C)(C)C)[C@@H](OC(=O)C(C)(C)C)[C@H](OC(=O)C(C)(C)C)[C@H]1OC(=O)C(C)(C)C. The van der Waals surface area contributed by atoms with Crippen molar-refractivity contribution < 1.29 is 85.7 Å². The summed E-state index contributed by atoms with van der Waals surface area (Å²) < 4.78 is 61.0. The van der Waals surface area contributed by atoms with E-state index in [-0.39, 0.29) is 11.5 Å². The summed E-state index contributed by atoms with van der Waals surface area (Å²) in [5.74, 6) is -5.10. The van der Waals surface area contributed by atoms with Crippen LogP contribution in [0, 0.1) is 37.9 Å². The van der Waals surface area contributed by atoms with Crippen LogP contribution in [-0.4, -0.2) is 132 Å². The van der Waals surface area contributed by atoms with Crippen molar-refractivity contribution in [3.8, 4) is 0 Å². The molecule has 2 heterocycles. The van der Waals surface area contributed by atoms with Gasteiger partial charge in [-0.25, -0.2) is 0 Å². The van der Waals surface area contributed by atoms with E-state index in [4.69, 9.17) is 47.4 Å². The van der Waals surface area contributed by atoms with Gasteiger partial charge in [-0.3, -0.25) is 38.4 Å². The highest BCUT2D eigenvalue weighted by Gasteiger charge is 2.56. The van der Waals surface area contributed by atoms with Crippen LogP contribution >= 0.6 is 23.5 Å². The average Bonchev–Trinajstić information content (AvgIpc) is 3.18. The molecular weight excluding hydrogens is 965 g/mol. The highest BCUT2D eigenvalue weighted by atomic mass is 32.2. The molecule has 0 unspecified atom stereocenters. The minimum Gasteiger partial charge on any atom is -0.462 e. The number of hydrogen-bond donors (Lipinski definition) is 0. The Balaban J connectivity index is 2.77. The number of rotatable bonds is 15. The number of hydrogen-bond acceptors (Lipinski definition) is 20. The molecular formula is C51H84O18S2. The Morgan fingerprint density at radius 3 is 0.803 bits per heavy atom. The molecule has 0 amide bonds. The summed E-state index contributed by atoms with van der Waals surface area (Å²) in [7, 11) is 0. The molecule has 2 aliphatic rings. The van der Waals surface area contributed by atoms with Gasteiger partial charge in [0.05, 0.1) is 37.9 Å². The predicted octanol–water partition coefficient (Wildman–Crippen LogP) is 7.80. The summed E-state index contributed by atoms with van der Waals surface area (Å²) in [6.45, 7) is 34.8. The number of ether oxygens (including phenoxy) is 10. The predicted molar refractivity (Wildman–Crippen MR) is 265 cm³/mol. The number of carbonyl (C=O) groups excluding carboxylic acids is 8. The van der Waals surface area contributed by atoms with Crippen molar-refractivity contribution in [2.75, 3.05) is 24.7 Å². The van der Waals surface area contributed by atoms with Gasteiger partial charge in [-0.2, -0.15) is 0 Å². The van der Waals surface area contributed by atoms with Crippen molar-refractivity contribution in [2.45, 2.75) is 212 Å². The van der Waals surface area contributed by atoms with Crippen LogP contribution in [0.3, 0.4) is 0 Å². The van der Waals surface area contributed by atoms with Gasteiger partial charge < -0.3 is 47.4 Å². The first-order valence-electron chi connectivity index (χ1n) is 24.0. The molecule has 408 valence electrons. The van der Waals surface area contributed by atoms with Crippen LogP contribution in [0.1, 0.15) is 152 Å². The maximum atomic E-state index is 13.8. The maximum Gasteiger partial charge on any atom is 0.311 e. The Labute approximate surface area is 430 Å². The zero-order valence-corrected chi connectivity index (χ0v) is 47.9. The summed E-state index contributed by atoms with van der Waals surface area (Å²) in [6.07, 6.45) is -11.0. The lowest BCUT2D eigenvalue weighted by Crippen LogP contribution is -2.63. The molecule has 0 bridgehead atoms. The largest absolute Gasteiger partial charge is 0.462 e. The Bertz CT molecular complexity index is 1900. The third-order valence-corrected chi connectivity index (χ3v) is 12.9. The summed E-state index contributed by atoms with van der Waals surface area (Å²) >= 11 is 2.26. The summed E-state index contributed by atoms with van der Waals surface area (Å²) in [5.41, 5.74) is -9.44. The number of thioether (sulfide) groups is 2. The van der Waals surface area contributed by atoms with Crippen molar-refractivity contribution in [2.24, 2.45) is 37.9 Å².